The van der Waals surface area contributed by atoms with Crippen molar-refractivity contribution in [3.05, 3.63) is 135 Å². The SMILES string of the molecule is CC(C)c1ccc2c(c1)N(C(C)C)CCC2.CC(C)c1ccc2c(c1)N(C(C)C)CCN2C.CC(C)c1ccc2c(c1)N(C(C)C)CCO2.CC(C)c1ccn2c1CN(C(C)C)CC2.CC(C)c1ncn2c1CN(C(C)C)CC2.Cc1nc(C(C)C)c2n1CCN(C(C)C)C2. The Balaban J connectivity index is 0.000000161. The number of likely N-dealkylation sites (N-methyl/N-ethyl adjacent to an activating group) is 1. The summed E-state index contributed by atoms with van der Waals surface area (Å²) in [7, 11) is 2.19. The van der Waals surface area contributed by atoms with E-state index in [1.165, 1.54) is 111 Å². The van der Waals surface area contributed by atoms with E-state index in [-0.39, 0.29) is 0 Å². The summed E-state index contributed by atoms with van der Waals surface area (Å²) >= 11 is 0. The number of anilines is 4. The van der Waals surface area contributed by atoms with Crippen molar-refractivity contribution in [2.75, 3.05) is 79.1 Å². The summed E-state index contributed by atoms with van der Waals surface area (Å²) in [5.74, 6) is 5.72. The quantitative estimate of drug-likeness (QED) is 0.118. The number of rotatable bonds is 12. The van der Waals surface area contributed by atoms with Crippen LogP contribution in [0.3, 0.4) is 0 Å². The van der Waals surface area contributed by atoms with Crippen molar-refractivity contribution in [1.82, 2.24) is 38.4 Å². The van der Waals surface area contributed by atoms with Gasteiger partial charge in [0.25, 0.3) is 0 Å². The van der Waals surface area contributed by atoms with Crippen LogP contribution in [0.2, 0.25) is 0 Å². The van der Waals surface area contributed by atoms with Gasteiger partial charge in [0.15, 0.2) is 0 Å². The molecule has 3 aromatic carbocycles. The van der Waals surface area contributed by atoms with Crippen LogP contribution in [0.1, 0.15) is 270 Å². The molecule has 12 rings (SSSR count). The fourth-order valence-corrected chi connectivity index (χ4v) is 14.3. The number of hydrogen-bond acceptors (Lipinski definition) is 10. The standard InChI is InChI=1S/C15H24N2.C15H23N.C14H21NO.C13H23N3.C13H22N2.C12H21N3/c1-11(2)13-6-7-14-15(10-13)17(12(3)4)9-8-16(14)5;1-11(2)14-8-7-13-6-5-9-16(12(3)4)15(13)10-14;1-10(2)12-5-6-14-13(9-12)15(11(3)4)7-8-16-14;1-9(2)13-12-8-15(10(3)4)6-7-16(12)11(5)14-13;1-10(2)12-5-6-14-7-8-15(11(3)4)9-13(12)14;1-9(2)12-11-7-14(10(3)4)5-6-15(11)8-13-12/h6-7,10-12H,8-9H2,1-5H3;7-8,10-12H,5-6,9H2,1-4H3;5-6,9-11H,7-8H2,1-4H3;9-10H,6-8H2,1-5H3;5-6,10-11H,7-9H2,1-4H3;8-10H,5-7H2,1-4H3. The van der Waals surface area contributed by atoms with Crippen LogP contribution in [0.5, 0.6) is 5.75 Å². The van der Waals surface area contributed by atoms with Gasteiger partial charge in [-0.15, -0.1) is 0 Å². The van der Waals surface area contributed by atoms with E-state index in [1.54, 1.807) is 0 Å². The second kappa shape index (κ2) is 34.6. The van der Waals surface area contributed by atoms with Gasteiger partial charge in [-0.25, -0.2) is 9.97 Å². The molecule has 0 N–H and O–H groups in total. The molecular formula is C82H134N12O. The lowest BCUT2D eigenvalue weighted by Gasteiger charge is -2.40. The van der Waals surface area contributed by atoms with Gasteiger partial charge in [-0.1, -0.05) is 107 Å². The van der Waals surface area contributed by atoms with Crippen molar-refractivity contribution in [3.8, 4) is 5.75 Å². The van der Waals surface area contributed by atoms with Crippen LogP contribution in [0, 0.1) is 6.92 Å². The molecule has 95 heavy (non-hydrogen) atoms. The molecule has 3 aromatic heterocycles. The molecule has 13 heteroatoms. The van der Waals surface area contributed by atoms with Crippen molar-refractivity contribution in [2.24, 2.45) is 0 Å². The van der Waals surface area contributed by atoms with Gasteiger partial charge in [-0.05, 0) is 203 Å². The molecule has 0 saturated heterocycles. The maximum Gasteiger partial charge on any atom is 0.142 e. The fourth-order valence-electron chi connectivity index (χ4n) is 14.3. The van der Waals surface area contributed by atoms with Gasteiger partial charge in [0, 0.05) is 139 Å². The number of ether oxygens (including phenoxy) is 1. The summed E-state index contributed by atoms with van der Waals surface area (Å²) in [4.78, 5) is 26.7. The first-order valence-electron chi connectivity index (χ1n) is 37.4. The van der Waals surface area contributed by atoms with Crippen molar-refractivity contribution < 1.29 is 4.74 Å². The lowest BCUT2D eigenvalue weighted by molar-refractivity contribution is 0.175. The summed E-state index contributed by atoms with van der Waals surface area (Å²) in [5.41, 5.74) is 19.8. The number of hydrogen-bond donors (Lipinski definition) is 0. The summed E-state index contributed by atoms with van der Waals surface area (Å²) in [6.45, 7) is 71.7. The van der Waals surface area contributed by atoms with E-state index in [4.69, 9.17) is 9.72 Å². The topological polar surface area (TPSA) is 72.5 Å². The van der Waals surface area contributed by atoms with E-state index in [0.717, 1.165) is 84.3 Å². The predicted molar refractivity (Wildman–Crippen MR) is 409 cm³/mol. The molecule has 9 heterocycles. The molecule has 0 radical (unpaired) electrons. The van der Waals surface area contributed by atoms with Crippen LogP contribution >= 0.6 is 0 Å². The minimum atomic E-state index is 0.530. The lowest BCUT2D eigenvalue weighted by atomic mass is 9.94. The lowest BCUT2D eigenvalue weighted by Crippen LogP contribution is -2.42. The van der Waals surface area contributed by atoms with Gasteiger partial charge in [0.05, 0.1) is 52.7 Å². The summed E-state index contributed by atoms with van der Waals surface area (Å²) in [5, 5.41) is 0. The Labute approximate surface area is 580 Å². The Morgan fingerprint density at radius 1 is 0.400 bits per heavy atom. The molecule has 0 unspecified atom stereocenters. The molecule has 0 bridgehead atoms. The molecule has 528 valence electrons. The van der Waals surface area contributed by atoms with E-state index in [2.05, 4.69) is 300 Å². The van der Waals surface area contributed by atoms with Crippen molar-refractivity contribution >= 4 is 22.7 Å². The summed E-state index contributed by atoms with van der Waals surface area (Å²) in [6.07, 6.45) is 6.80. The second-order valence-electron chi connectivity index (χ2n) is 31.5. The predicted octanol–water partition coefficient (Wildman–Crippen LogP) is 18.5. The number of imidazole rings is 2. The Morgan fingerprint density at radius 2 is 0.895 bits per heavy atom. The van der Waals surface area contributed by atoms with Gasteiger partial charge in [-0.2, -0.15) is 0 Å². The summed E-state index contributed by atoms with van der Waals surface area (Å²) < 4.78 is 12.8. The highest BCUT2D eigenvalue weighted by atomic mass is 16.5. The van der Waals surface area contributed by atoms with Crippen LogP contribution in [-0.2, 0) is 45.7 Å². The monoisotopic (exact) mass is 1300 g/mol. The highest BCUT2D eigenvalue weighted by molar-refractivity contribution is 5.74. The number of nitrogens with zero attached hydrogens (tertiary/aromatic N) is 12. The minimum absolute atomic E-state index is 0.530. The molecule has 6 aliphatic heterocycles. The first-order chi connectivity index (χ1) is 44.9. The van der Waals surface area contributed by atoms with Gasteiger partial charge in [-0.3, -0.25) is 14.7 Å². The van der Waals surface area contributed by atoms with E-state index in [0.29, 0.717) is 71.8 Å². The van der Waals surface area contributed by atoms with Crippen molar-refractivity contribution in [2.45, 2.75) is 297 Å². The van der Waals surface area contributed by atoms with E-state index in [9.17, 15) is 0 Å². The molecule has 6 aliphatic rings. The number of aryl methyl sites for hydroxylation is 2. The van der Waals surface area contributed by atoms with Gasteiger partial charge < -0.3 is 38.0 Å². The third kappa shape index (κ3) is 19.5. The number of aromatic nitrogens is 5. The van der Waals surface area contributed by atoms with Crippen LogP contribution in [0.4, 0.5) is 22.7 Å². The second-order valence-corrected chi connectivity index (χ2v) is 31.5. The van der Waals surface area contributed by atoms with Gasteiger partial charge in [0.1, 0.15) is 18.2 Å². The molecule has 0 aliphatic carbocycles. The van der Waals surface area contributed by atoms with E-state index in [1.807, 2.05) is 6.33 Å². The molecule has 0 fully saturated rings. The van der Waals surface area contributed by atoms with E-state index >= 15 is 0 Å². The van der Waals surface area contributed by atoms with Gasteiger partial charge in [0.2, 0.25) is 0 Å². The molecule has 0 atom stereocenters. The van der Waals surface area contributed by atoms with Crippen molar-refractivity contribution in [3.63, 3.8) is 0 Å². The third-order valence-electron chi connectivity index (χ3n) is 20.6. The largest absolute Gasteiger partial charge is 0.490 e. The first kappa shape index (κ1) is 76.6. The zero-order chi connectivity index (χ0) is 69.9. The zero-order valence-corrected chi connectivity index (χ0v) is 64.9. The molecule has 0 amide bonds. The Hall–Kier alpha value is -5.76. The smallest absolute Gasteiger partial charge is 0.142 e. The highest BCUT2D eigenvalue weighted by Gasteiger charge is 2.29. The molecule has 13 nitrogen and oxygen atoms in total. The molecular weight excluding hydrogens is 1170 g/mol. The molecule has 6 aromatic rings. The average molecular weight is 1300 g/mol. The van der Waals surface area contributed by atoms with Gasteiger partial charge >= 0.3 is 0 Å². The van der Waals surface area contributed by atoms with Crippen LogP contribution in [0.15, 0.2) is 73.2 Å². The van der Waals surface area contributed by atoms with Crippen LogP contribution < -0.4 is 24.3 Å². The normalized spacial score (nSPS) is 16.4. The number of benzene rings is 3. The first-order valence-corrected chi connectivity index (χ1v) is 37.4. The zero-order valence-electron chi connectivity index (χ0n) is 64.9. The Bertz CT molecular complexity index is 3170. The summed E-state index contributed by atoms with van der Waals surface area (Å²) in [6, 6.07) is 26.4. The van der Waals surface area contributed by atoms with E-state index < -0.39 is 0 Å². The maximum absolute atomic E-state index is 5.70. The van der Waals surface area contributed by atoms with Crippen LogP contribution in [0.25, 0.3) is 0 Å². The van der Waals surface area contributed by atoms with Crippen molar-refractivity contribution in [1.29, 1.82) is 0 Å². The van der Waals surface area contributed by atoms with Crippen LogP contribution in [-0.4, -0.2) is 134 Å². The Kier molecular flexibility index (Phi) is 27.9. The Morgan fingerprint density at radius 3 is 1.44 bits per heavy atom. The number of fused-ring (bicyclic) bond motifs is 6. The highest BCUT2D eigenvalue weighted by Crippen LogP contribution is 2.38. The third-order valence-corrected chi connectivity index (χ3v) is 20.6. The minimum Gasteiger partial charge on any atom is -0.490 e. The molecule has 0 spiro atoms. The molecule has 0 saturated carbocycles. The maximum atomic E-state index is 5.70. The fraction of sp³-hybridized carbons (Fsp3) is 0.659. The average Bonchev–Trinajstić information content (AvgIpc) is 1.76.